The number of aryl methyl sites for hydroxylation is 2. The molecule has 1 aliphatic heterocycles. The molecule has 0 saturated carbocycles. The van der Waals surface area contributed by atoms with E-state index in [1.54, 1.807) is 12.1 Å². The Morgan fingerprint density at radius 2 is 1.83 bits per heavy atom. The quantitative estimate of drug-likeness (QED) is 0.819. The SMILES string of the molecule is Cc1cc(N2CCN(Cc3ccc(Br)c(F)c3)CC2)nc(C)n1. The predicted octanol–water partition coefficient (Wildman–Crippen LogP) is 3.32. The van der Waals surface area contributed by atoms with Gasteiger partial charge in [0.2, 0.25) is 0 Å². The van der Waals surface area contributed by atoms with Crippen molar-refractivity contribution in [1.29, 1.82) is 0 Å². The summed E-state index contributed by atoms with van der Waals surface area (Å²) in [6.07, 6.45) is 0. The Kier molecular flexibility index (Phi) is 4.92. The number of benzene rings is 1. The third kappa shape index (κ3) is 4.06. The number of rotatable bonds is 3. The van der Waals surface area contributed by atoms with Crippen molar-refractivity contribution in [1.82, 2.24) is 14.9 Å². The summed E-state index contributed by atoms with van der Waals surface area (Å²) < 4.78 is 14.1. The minimum atomic E-state index is -0.201. The summed E-state index contributed by atoms with van der Waals surface area (Å²) in [6, 6.07) is 7.38. The second kappa shape index (κ2) is 6.93. The minimum Gasteiger partial charge on any atom is -0.354 e. The molecule has 1 saturated heterocycles. The molecule has 6 heteroatoms. The van der Waals surface area contributed by atoms with Crippen LogP contribution in [0.3, 0.4) is 0 Å². The van der Waals surface area contributed by atoms with Gasteiger partial charge in [0, 0.05) is 44.5 Å². The zero-order valence-corrected chi connectivity index (χ0v) is 15.0. The van der Waals surface area contributed by atoms with Crippen LogP contribution in [0.5, 0.6) is 0 Å². The first kappa shape index (κ1) is 16.3. The van der Waals surface area contributed by atoms with Crippen LogP contribution in [-0.2, 0) is 6.54 Å². The Hall–Kier alpha value is -1.53. The van der Waals surface area contributed by atoms with Crippen LogP contribution in [0.25, 0.3) is 0 Å². The van der Waals surface area contributed by atoms with Crippen molar-refractivity contribution in [3.63, 3.8) is 0 Å². The predicted molar refractivity (Wildman–Crippen MR) is 93.1 cm³/mol. The van der Waals surface area contributed by atoms with E-state index in [4.69, 9.17) is 0 Å². The van der Waals surface area contributed by atoms with Gasteiger partial charge in [-0.25, -0.2) is 14.4 Å². The van der Waals surface area contributed by atoms with Crippen molar-refractivity contribution in [2.75, 3.05) is 31.1 Å². The van der Waals surface area contributed by atoms with Gasteiger partial charge >= 0.3 is 0 Å². The molecule has 2 heterocycles. The zero-order valence-electron chi connectivity index (χ0n) is 13.4. The van der Waals surface area contributed by atoms with Crippen LogP contribution in [-0.4, -0.2) is 41.0 Å². The lowest BCUT2D eigenvalue weighted by atomic mass is 10.2. The van der Waals surface area contributed by atoms with E-state index in [9.17, 15) is 4.39 Å². The highest BCUT2D eigenvalue weighted by molar-refractivity contribution is 9.10. The molecule has 3 rings (SSSR count). The molecule has 23 heavy (non-hydrogen) atoms. The van der Waals surface area contributed by atoms with Crippen LogP contribution in [0, 0.1) is 19.7 Å². The number of halogens is 2. The van der Waals surface area contributed by atoms with E-state index in [1.807, 2.05) is 26.0 Å². The van der Waals surface area contributed by atoms with Crippen LogP contribution in [0.4, 0.5) is 10.2 Å². The van der Waals surface area contributed by atoms with Gasteiger partial charge in [0.15, 0.2) is 0 Å². The van der Waals surface area contributed by atoms with E-state index < -0.39 is 0 Å². The maximum atomic E-state index is 13.6. The molecule has 1 aliphatic rings. The molecule has 0 unspecified atom stereocenters. The lowest BCUT2D eigenvalue weighted by Crippen LogP contribution is -2.46. The van der Waals surface area contributed by atoms with E-state index in [1.165, 1.54) is 0 Å². The average Bonchev–Trinajstić information content (AvgIpc) is 2.51. The third-order valence-corrected chi connectivity index (χ3v) is 4.68. The van der Waals surface area contributed by atoms with E-state index in [0.717, 1.165) is 55.6 Å². The minimum absolute atomic E-state index is 0.201. The molecule has 0 spiro atoms. The monoisotopic (exact) mass is 378 g/mol. The fourth-order valence-corrected chi connectivity index (χ4v) is 3.14. The highest BCUT2D eigenvalue weighted by Crippen LogP contribution is 2.19. The number of hydrogen-bond donors (Lipinski definition) is 0. The summed E-state index contributed by atoms with van der Waals surface area (Å²) >= 11 is 3.19. The Labute approximate surface area is 144 Å². The van der Waals surface area contributed by atoms with Gasteiger partial charge in [-0.3, -0.25) is 4.90 Å². The largest absolute Gasteiger partial charge is 0.354 e. The van der Waals surface area contributed by atoms with E-state index in [-0.39, 0.29) is 5.82 Å². The molecule has 1 aromatic carbocycles. The van der Waals surface area contributed by atoms with Gasteiger partial charge in [-0.05, 0) is 47.5 Å². The van der Waals surface area contributed by atoms with Crippen molar-refractivity contribution < 1.29 is 4.39 Å². The smallest absolute Gasteiger partial charge is 0.137 e. The number of aromatic nitrogens is 2. The van der Waals surface area contributed by atoms with Crippen LogP contribution in [0.1, 0.15) is 17.1 Å². The van der Waals surface area contributed by atoms with Crippen molar-refractivity contribution in [2.24, 2.45) is 0 Å². The van der Waals surface area contributed by atoms with Gasteiger partial charge in [-0.1, -0.05) is 6.07 Å². The van der Waals surface area contributed by atoms with Crippen LogP contribution in [0.15, 0.2) is 28.7 Å². The van der Waals surface area contributed by atoms with Gasteiger partial charge in [-0.15, -0.1) is 0 Å². The van der Waals surface area contributed by atoms with E-state index in [0.29, 0.717) is 4.47 Å². The highest BCUT2D eigenvalue weighted by atomic mass is 79.9. The molecule has 122 valence electrons. The maximum Gasteiger partial charge on any atom is 0.137 e. The van der Waals surface area contributed by atoms with Gasteiger partial charge in [0.25, 0.3) is 0 Å². The van der Waals surface area contributed by atoms with Gasteiger partial charge < -0.3 is 4.90 Å². The topological polar surface area (TPSA) is 32.3 Å². The maximum absolute atomic E-state index is 13.6. The summed E-state index contributed by atoms with van der Waals surface area (Å²) in [5.74, 6) is 1.62. The highest BCUT2D eigenvalue weighted by Gasteiger charge is 2.19. The van der Waals surface area contributed by atoms with Crippen molar-refractivity contribution in [3.8, 4) is 0 Å². The Bertz CT molecular complexity index is 679. The summed E-state index contributed by atoms with van der Waals surface area (Å²) in [7, 11) is 0. The molecule has 0 amide bonds. The molecule has 0 radical (unpaired) electrons. The van der Waals surface area contributed by atoms with E-state index >= 15 is 0 Å². The lowest BCUT2D eigenvalue weighted by Gasteiger charge is -2.35. The molecule has 0 atom stereocenters. The summed E-state index contributed by atoms with van der Waals surface area (Å²) in [6.45, 7) is 8.44. The second-order valence-electron chi connectivity index (χ2n) is 5.93. The normalized spacial score (nSPS) is 15.9. The number of hydrogen-bond acceptors (Lipinski definition) is 4. The number of anilines is 1. The first-order chi connectivity index (χ1) is 11.0. The van der Waals surface area contributed by atoms with Crippen molar-refractivity contribution in [2.45, 2.75) is 20.4 Å². The third-order valence-electron chi connectivity index (χ3n) is 4.04. The Morgan fingerprint density at radius 3 is 2.48 bits per heavy atom. The van der Waals surface area contributed by atoms with Gasteiger partial charge in [-0.2, -0.15) is 0 Å². The van der Waals surface area contributed by atoms with Gasteiger partial charge in [0.05, 0.1) is 4.47 Å². The first-order valence-corrected chi connectivity index (χ1v) is 8.54. The number of nitrogens with zero attached hydrogens (tertiary/aromatic N) is 4. The summed E-state index contributed by atoms with van der Waals surface area (Å²) in [4.78, 5) is 13.5. The molecule has 2 aromatic rings. The van der Waals surface area contributed by atoms with E-state index in [2.05, 4.69) is 35.7 Å². The lowest BCUT2D eigenvalue weighted by molar-refractivity contribution is 0.249. The van der Waals surface area contributed by atoms with Gasteiger partial charge in [0.1, 0.15) is 17.5 Å². The standard InChI is InChI=1S/C17H20BrFN4/c1-12-9-17(21-13(2)20-12)23-7-5-22(6-8-23)11-14-3-4-15(18)16(19)10-14/h3-4,9-10H,5-8,11H2,1-2H3. The number of piperazine rings is 1. The molecular weight excluding hydrogens is 359 g/mol. The van der Waals surface area contributed by atoms with Crippen molar-refractivity contribution >= 4 is 21.7 Å². The molecule has 1 aromatic heterocycles. The van der Waals surface area contributed by atoms with Crippen LogP contribution < -0.4 is 4.90 Å². The summed E-state index contributed by atoms with van der Waals surface area (Å²) in [5.41, 5.74) is 2.01. The molecule has 0 aliphatic carbocycles. The van der Waals surface area contributed by atoms with Crippen LogP contribution >= 0.6 is 15.9 Å². The zero-order chi connectivity index (χ0) is 16.4. The molecular formula is C17H20BrFN4. The first-order valence-electron chi connectivity index (χ1n) is 7.75. The average molecular weight is 379 g/mol. The fraction of sp³-hybridized carbons (Fsp3) is 0.412. The molecule has 0 bridgehead atoms. The summed E-state index contributed by atoms with van der Waals surface area (Å²) in [5, 5.41) is 0. The fourth-order valence-electron chi connectivity index (χ4n) is 2.89. The Morgan fingerprint density at radius 1 is 1.09 bits per heavy atom. The molecule has 4 nitrogen and oxygen atoms in total. The van der Waals surface area contributed by atoms with Crippen molar-refractivity contribution in [3.05, 3.63) is 51.6 Å². The molecule has 0 N–H and O–H groups in total. The molecule has 1 fully saturated rings. The Balaban J connectivity index is 1.60. The second-order valence-corrected chi connectivity index (χ2v) is 6.78. The van der Waals surface area contributed by atoms with Crippen LogP contribution in [0.2, 0.25) is 0 Å².